The van der Waals surface area contributed by atoms with E-state index in [1.807, 2.05) is 0 Å². The first-order valence-corrected chi connectivity index (χ1v) is 5.13. The fourth-order valence-electron chi connectivity index (χ4n) is 1.85. The molecule has 86 valence electrons. The van der Waals surface area contributed by atoms with E-state index in [1.165, 1.54) is 6.07 Å². The summed E-state index contributed by atoms with van der Waals surface area (Å²) in [5.41, 5.74) is 0.738. The number of pyridine rings is 1. The summed E-state index contributed by atoms with van der Waals surface area (Å²) in [5.74, 6) is 0.363. The summed E-state index contributed by atoms with van der Waals surface area (Å²) in [6, 6.07) is 3.08. The lowest BCUT2D eigenvalue weighted by Gasteiger charge is -2.16. The van der Waals surface area contributed by atoms with Gasteiger partial charge in [-0.05, 0) is 19.4 Å². The standard InChI is InChI=1S/C10H13N3O3/c1-7-2-3-9(13(15)16)10(11-7)12-5-4-8(14)6-12/h2-3,8,14H,4-6H2,1H3/t8-/m1/s1. The van der Waals surface area contributed by atoms with Crippen LogP contribution in [-0.4, -0.2) is 34.2 Å². The summed E-state index contributed by atoms with van der Waals surface area (Å²) in [5, 5.41) is 20.3. The third-order valence-corrected chi connectivity index (χ3v) is 2.65. The quantitative estimate of drug-likeness (QED) is 0.594. The molecular formula is C10H13N3O3. The number of aromatic nitrogens is 1. The van der Waals surface area contributed by atoms with Gasteiger partial charge in [-0.2, -0.15) is 0 Å². The van der Waals surface area contributed by atoms with Crippen LogP contribution in [0.25, 0.3) is 0 Å². The summed E-state index contributed by atoms with van der Waals surface area (Å²) < 4.78 is 0. The van der Waals surface area contributed by atoms with Crippen molar-refractivity contribution in [3.8, 4) is 0 Å². The fourth-order valence-corrected chi connectivity index (χ4v) is 1.85. The van der Waals surface area contributed by atoms with E-state index in [-0.39, 0.29) is 5.69 Å². The first-order chi connectivity index (χ1) is 7.58. The Bertz CT molecular complexity index is 422. The lowest BCUT2D eigenvalue weighted by Crippen LogP contribution is -2.23. The van der Waals surface area contributed by atoms with Gasteiger partial charge in [0.15, 0.2) is 0 Å². The van der Waals surface area contributed by atoms with E-state index in [9.17, 15) is 15.2 Å². The molecule has 1 aliphatic heterocycles. The molecule has 0 bridgehead atoms. The lowest BCUT2D eigenvalue weighted by molar-refractivity contribution is -0.384. The van der Waals surface area contributed by atoms with Gasteiger partial charge >= 0.3 is 5.69 Å². The second kappa shape index (κ2) is 4.05. The number of aliphatic hydroxyl groups excluding tert-OH is 1. The van der Waals surface area contributed by atoms with Gasteiger partial charge in [0.2, 0.25) is 5.82 Å². The highest BCUT2D eigenvalue weighted by molar-refractivity contribution is 5.58. The van der Waals surface area contributed by atoms with Crippen molar-refractivity contribution in [2.24, 2.45) is 0 Å². The predicted molar refractivity (Wildman–Crippen MR) is 58.5 cm³/mol. The summed E-state index contributed by atoms with van der Waals surface area (Å²) in [7, 11) is 0. The number of aliphatic hydroxyl groups is 1. The van der Waals surface area contributed by atoms with Gasteiger partial charge in [-0.25, -0.2) is 4.98 Å². The Kier molecular flexibility index (Phi) is 2.74. The van der Waals surface area contributed by atoms with Crippen LogP contribution >= 0.6 is 0 Å². The van der Waals surface area contributed by atoms with Crippen LogP contribution in [-0.2, 0) is 0 Å². The van der Waals surface area contributed by atoms with Crippen LogP contribution in [0.1, 0.15) is 12.1 Å². The van der Waals surface area contributed by atoms with Crippen LogP contribution in [0.4, 0.5) is 11.5 Å². The van der Waals surface area contributed by atoms with E-state index in [0.29, 0.717) is 25.3 Å². The Balaban J connectivity index is 2.37. The molecule has 2 rings (SSSR count). The minimum absolute atomic E-state index is 0.000278. The molecule has 0 unspecified atom stereocenters. The Morgan fingerprint density at radius 2 is 2.38 bits per heavy atom. The summed E-state index contributed by atoms with van der Waals surface area (Å²) in [4.78, 5) is 16.4. The van der Waals surface area contributed by atoms with E-state index in [2.05, 4.69) is 4.98 Å². The number of nitro groups is 1. The molecule has 0 aromatic carbocycles. The van der Waals surface area contributed by atoms with Crippen LogP contribution in [0, 0.1) is 17.0 Å². The monoisotopic (exact) mass is 223 g/mol. The van der Waals surface area contributed by atoms with Gasteiger partial charge in [-0.1, -0.05) is 0 Å². The molecular weight excluding hydrogens is 210 g/mol. The van der Waals surface area contributed by atoms with E-state index in [0.717, 1.165) is 5.69 Å². The van der Waals surface area contributed by atoms with Crippen molar-refractivity contribution >= 4 is 11.5 Å². The third kappa shape index (κ3) is 1.96. The number of β-amino-alcohol motifs (C(OH)–C–C–N with tert-alkyl or cyclic N) is 1. The van der Waals surface area contributed by atoms with E-state index < -0.39 is 11.0 Å². The normalized spacial score (nSPS) is 20.1. The molecule has 1 atom stereocenters. The predicted octanol–water partition coefficient (Wildman–Crippen LogP) is 0.869. The van der Waals surface area contributed by atoms with Crippen LogP contribution in [0.3, 0.4) is 0 Å². The van der Waals surface area contributed by atoms with Gasteiger partial charge < -0.3 is 10.0 Å². The van der Waals surface area contributed by atoms with Gasteiger partial charge in [0.25, 0.3) is 0 Å². The molecule has 1 fully saturated rings. The number of hydrogen-bond acceptors (Lipinski definition) is 5. The zero-order chi connectivity index (χ0) is 11.7. The molecule has 2 heterocycles. The molecule has 0 amide bonds. The highest BCUT2D eigenvalue weighted by atomic mass is 16.6. The molecule has 1 aromatic rings. The van der Waals surface area contributed by atoms with E-state index in [1.54, 1.807) is 17.9 Å². The van der Waals surface area contributed by atoms with Crippen molar-refractivity contribution in [2.45, 2.75) is 19.4 Å². The lowest BCUT2D eigenvalue weighted by atomic mass is 10.3. The molecule has 0 saturated carbocycles. The first kappa shape index (κ1) is 10.8. The van der Waals surface area contributed by atoms with Gasteiger partial charge in [-0.15, -0.1) is 0 Å². The third-order valence-electron chi connectivity index (χ3n) is 2.65. The zero-order valence-corrected chi connectivity index (χ0v) is 8.96. The molecule has 1 saturated heterocycles. The number of nitrogens with zero attached hydrogens (tertiary/aromatic N) is 3. The van der Waals surface area contributed by atoms with E-state index in [4.69, 9.17) is 0 Å². The van der Waals surface area contributed by atoms with Gasteiger partial charge in [0.1, 0.15) is 0 Å². The maximum Gasteiger partial charge on any atom is 0.311 e. The van der Waals surface area contributed by atoms with Crippen molar-refractivity contribution in [2.75, 3.05) is 18.0 Å². The Labute approximate surface area is 92.7 Å². The number of anilines is 1. The minimum Gasteiger partial charge on any atom is -0.391 e. The molecule has 1 aliphatic rings. The number of aryl methyl sites for hydroxylation is 1. The molecule has 6 heteroatoms. The molecule has 1 N–H and O–H groups in total. The van der Waals surface area contributed by atoms with Crippen molar-refractivity contribution in [3.05, 3.63) is 27.9 Å². The van der Waals surface area contributed by atoms with Crippen molar-refractivity contribution in [3.63, 3.8) is 0 Å². The maximum absolute atomic E-state index is 10.8. The number of rotatable bonds is 2. The maximum atomic E-state index is 10.8. The van der Waals surface area contributed by atoms with Gasteiger partial charge in [0, 0.05) is 24.8 Å². The van der Waals surface area contributed by atoms with Crippen LogP contribution in [0.15, 0.2) is 12.1 Å². The average Bonchev–Trinajstić information content (AvgIpc) is 2.64. The molecule has 16 heavy (non-hydrogen) atoms. The second-order valence-electron chi connectivity index (χ2n) is 3.94. The SMILES string of the molecule is Cc1ccc([N+](=O)[O-])c(N2CC[C@@H](O)C2)n1. The smallest absolute Gasteiger partial charge is 0.311 e. The first-order valence-electron chi connectivity index (χ1n) is 5.13. The Hall–Kier alpha value is -1.69. The fraction of sp³-hybridized carbons (Fsp3) is 0.500. The van der Waals surface area contributed by atoms with Crippen LogP contribution in [0.5, 0.6) is 0 Å². The summed E-state index contributed by atoms with van der Waals surface area (Å²) >= 11 is 0. The highest BCUT2D eigenvalue weighted by Gasteiger charge is 2.27. The van der Waals surface area contributed by atoms with Gasteiger partial charge in [0.05, 0.1) is 11.0 Å². The van der Waals surface area contributed by atoms with E-state index >= 15 is 0 Å². The van der Waals surface area contributed by atoms with Crippen molar-refractivity contribution < 1.29 is 10.0 Å². The minimum atomic E-state index is -0.438. The summed E-state index contributed by atoms with van der Waals surface area (Å²) in [6.07, 6.45) is 0.217. The molecule has 0 spiro atoms. The Morgan fingerprint density at radius 3 is 2.94 bits per heavy atom. The van der Waals surface area contributed by atoms with Crippen LogP contribution < -0.4 is 4.90 Å². The van der Waals surface area contributed by atoms with Crippen molar-refractivity contribution in [1.29, 1.82) is 0 Å². The summed E-state index contributed by atoms with van der Waals surface area (Å²) in [6.45, 7) is 2.81. The van der Waals surface area contributed by atoms with Crippen LogP contribution in [0.2, 0.25) is 0 Å². The Morgan fingerprint density at radius 1 is 1.62 bits per heavy atom. The molecule has 6 nitrogen and oxygen atoms in total. The van der Waals surface area contributed by atoms with Gasteiger partial charge in [-0.3, -0.25) is 10.1 Å². The topological polar surface area (TPSA) is 79.5 Å². The largest absolute Gasteiger partial charge is 0.391 e. The molecule has 1 aromatic heterocycles. The average molecular weight is 223 g/mol. The molecule has 0 radical (unpaired) electrons. The highest BCUT2D eigenvalue weighted by Crippen LogP contribution is 2.28. The van der Waals surface area contributed by atoms with Crippen molar-refractivity contribution in [1.82, 2.24) is 4.98 Å². The number of hydrogen-bond donors (Lipinski definition) is 1. The molecule has 0 aliphatic carbocycles. The zero-order valence-electron chi connectivity index (χ0n) is 8.96. The second-order valence-corrected chi connectivity index (χ2v) is 3.94.